The fourth-order valence-corrected chi connectivity index (χ4v) is 1.24. The first-order valence-corrected chi connectivity index (χ1v) is 5.84. The van der Waals surface area contributed by atoms with Gasteiger partial charge in [0.2, 0.25) is 5.78 Å². The van der Waals surface area contributed by atoms with Crippen LogP contribution in [0.1, 0.15) is 26.3 Å². The van der Waals surface area contributed by atoms with Crippen LogP contribution in [0.5, 0.6) is 0 Å². The summed E-state index contributed by atoms with van der Waals surface area (Å²) in [6.45, 7) is 4.88. The van der Waals surface area contributed by atoms with Gasteiger partial charge in [-0.15, -0.1) is 0 Å². The molecular formula is C15H18O5. The van der Waals surface area contributed by atoms with Gasteiger partial charge >= 0.3 is 11.8 Å². The summed E-state index contributed by atoms with van der Waals surface area (Å²) in [6, 6.07) is 9.01. The van der Waals surface area contributed by atoms with Crippen LogP contribution in [0.4, 0.5) is 0 Å². The van der Waals surface area contributed by atoms with Crippen molar-refractivity contribution in [3.63, 3.8) is 0 Å². The number of carbonyl (C=O) groups is 3. The van der Waals surface area contributed by atoms with Gasteiger partial charge in [-0.2, -0.15) is 0 Å². The third-order valence-electron chi connectivity index (χ3n) is 2.03. The molecule has 20 heavy (non-hydrogen) atoms. The van der Waals surface area contributed by atoms with E-state index in [2.05, 4.69) is 0 Å². The van der Waals surface area contributed by atoms with Crippen LogP contribution in [-0.4, -0.2) is 28.6 Å². The molecule has 1 aromatic carbocycles. The smallest absolute Gasteiger partial charge is 0.383 e. The number of hydrogen-bond acceptors (Lipinski definition) is 4. The maximum Gasteiger partial charge on any atom is 0.383 e. The van der Waals surface area contributed by atoms with E-state index in [1.165, 1.54) is 6.08 Å². The Bertz CT molecular complexity index is 509. The number of hydrogen-bond donors (Lipinski definition) is 0. The molecule has 0 aromatic heterocycles. The second kappa shape index (κ2) is 7.35. The highest BCUT2D eigenvalue weighted by Gasteiger charge is 2.26. The van der Waals surface area contributed by atoms with Crippen LogP contribution in [0.15, 0.2) is 36.4 Å². The molecule has 0 saturated carbocycles. The number of ether oxygens (including phenoxy) is 1. The number of allylic oxidation sites excluding steroid dienone is 1. The quantitative estimate of drug-likeness (QED) is 0.360. The molecule has 0 heterocycles. The summed E-state index contributed by atoms with van der Waals surface area (Å²) in [5.74, 6) is -3.18. The lowest BCUT2D eigenvalue weighted by Crippen LogP contribution is -2.32. The molecule has 5 nitrogen and oxygen atoms in total. The predicted octanol–water partition coefficient (Wildman–Crippen LogP) is 1.35. The second-order valence-electron chi connectivity index (χ2n) is 4.94. The Morgan fingerprint density at radius 3 is 2.10 bits per heavy atom. The number of esters is 1. The predicted molar refractivity (Wildman–Crippen MR) is 74.9 cm³/mol. The first-order chi connectivity index (χ1) is 8.79. The van der Waals surface area contributed by atoms with Gasteiger partial charge in [-0.3, -0.25) is 9.59 Å². The molecule has 0 atom stereocenters. The highest BCUT2D eigenvalue weighted by molar-refractivity contribution is 6.64. The van der Waals surface area contributed by atoms with E-state index < -0.39 is 23.1 Å². The normalized spacial score (nSPS) is 10.8. The average Bonchev–Trinajstić information content (AvgIpc) is 2.34. The van der Waals surface area contributed by atoms with Gasteiger partial charge in [-0.05, 0) is 32.4 Å². The van der Waals surface area contributed by atoms with Gasteiger partial charge in [-0.1, -0.05) is 36.4 Å². The Morgan fingerprint density at radius 1 is 1.05 bits per heavy atom. The minimum atomic E-state index is -1.16. The highest BCUT2D eigenvalue weighted by atomic mass is 16.6. The van der Waals surface area contributed by atoms with E-state index in [-0.39, 0.29) is 5.48 Å². The molecule has 0 radical (unpaired) electrons. The topological polar surface area (TPSA) is 91.9 Å². The van der Waals surface area contributed by atoms with Crippen molar-refractivity contribution in [2.75, 3.05) is 0 Å². The fraction of sp³-hybridized carbons (Fsp3) is 0.267. The zero-order valence-corrected chi connectivity index (χ0v) is 11.7. The first kappa shape index (κ1) is 17.7. The van der Waals surface area contributed by atoms with Gasteiger partial charge in [0.15, 0.2) is 0 Å². The van der Waals surface area contributed by atoms with Crippen LogP contribution < -0.4 is 0 Å². The van der Waals surface area contributed by atoms with Gasteiger partial charge in [-0.25, -0.2) is 4.79 Å². The third kappa shape index (κ3) is 6.06. The number of benzene rings is 1. The molecule has 5 heteroatoms. The molecule has 0 aliphatic rings. The Kier molecular flexibility index (Phi) is 6.52. The van der Waals surface area contributed by atoms with Crippen molar-refractivity contribution >= 4 is 23.6 Å². The van der Waals surface area contributed by atoms with Crippen LogP contribution in [0, 0.1) is 0 Å². The minimum Gasteiger partial charge on any atom is -0.454 e. The van der Waals surface area contributed by atoms with E-state index in [0.717, 1.165) is 11.6 Å². The molecule has 0 aliphatic carbocycles. The zero-order chi connectivity index (χ0) is 14.5. The standard InChI is InChI=1S/C15H16O4.H2O/c1-15(2,3)19-14(18)13(17)12(16)10-9-11-7-5-4-6-8-11;/h4-10H,1-3H3;1H2/b10-9+;. The molecule has 1 rings (SSSR count). The van der Waals surface area contributed by atoms with Gasteiger partial charge in [0.1, 0.15) is 5.60 Å². The van der Waals surface area contributed by atoms with Crippen LogP contribution in [0.3, 0.4) is 0 Å². The van der Waals surface area contributed by atoms with Crippen LogP contribution in [0.25, 0.3) is 6.08 Å². The van der Waals surface area contributed by atoms with E-state index >= 15 is 0 Å². The SMILES string of the molecule is CC(C)(C)OC(=O)C(=O)C(=O)/C=C/c1ccccc1.O. The van der Waals surface area contributed by atoms with Crippen LogP contribution in [0.2, 0.25) is 0 Å². The van der Waals surface area contributed by atoms with Gasteiger partial charge in [0, 0.05) is 0 Å². The van der Waals surface area contributed by atoms with Gasteiger partial charge in [0.05, 0.1) is 0 Å². The summed E-state index contributed by atoms with van der Waals surface area (Å²) in [5.41, 5.74) is -0.0243. The summed E-state index contributed by atoms with van der Waals surface area (Å²) in [4.78, 5) is 34.4. The van der Waals surface area contributed by atoms with Crippen molar-refractivity contribution < 1.29 is 24.6 Å². The molecule has 2 N–H and O–H groups in total. The summed E-state index contributed by atoms with van der Waals surface area (Å²) in [7, 11) is 0. The lowest BCUT2D eigenvalue weighted by Gasteiger charge is -2.18. The van der Waals surface area contributed by atoms with E-state index in [1.807, 2.05) is 6.07 Å². The van der Waals surface area contributed by atoms with E-state index in [0.29, 0.717) is 0 Å². The van der Waals surface area contributed by atoms with Gasteiger partial charge < -0.3 is 10.2 Å². The lowest BCUT2D eigenvalue weighted by molar-refractivity contribution is -0.163. The molecule has 108 valence electrons. The molecule has 0 amide bonds. The zero-order valence-electron chi connectivity index (χ0n) is 11.7. The fourth-order valence-electron chi connectivity index (χ4n) is 1.24. The largest absolute Gasteiger partial charge is 0.454 e. The Morgan fingerprint density at radius 2 is 1.60 bits per heavy atom. The first-order valence-electron chi connectivity index (χ1n) is 5.84. The number of ketones is 2. The molecule has 1 aromatic rings. The second-order valence-corrected chi connectivity index (χ2v) is 4.94. The summed E-state index contributed by atoms with van der Waals surface area (Å²) in [6.07, 6.45) is 2.55. The van der Waals surface area contributed by atoms with E-state index in [9.17, 15) is 14.4 Å². The molecule has 0 fully saturated rings. The Hall–Kier alpha value is -2.27. The Labute approximate surface area is 117 Å². The monoisotopic (exact) mass is 278 g/mol. The van der Waals surface area contributed by atoms with E-state index in [4.69, 9.17) is 4.74 Å². The van der Waals surface area contributed by atoms with Crippen molar-refractivity contribution in [1.82, 2.24) is 0 Å². The summed E-state index contributed by atoms with van der Waals surface area (Å²) >= 11 is 0. The third-order valence-corrected chi connectivity index (χ3v) is 2.03. The van der Waals surface area contributed by atoms with Crippen molar-refractivity contribution in [1.29, 1.82) is 0 Å². The molecule has 0 aliphatic heterocycles. The number of rotatable bonds is 4. The molecule has 0 spiro atoms. The molecule has 0 unspecified atom stereocenters. The minimum absolute atomic E-state index is 0. The van der Waals surface area contributed by atoms with Gasteiger partial charge in [0.25, 0.3) is 0 Å². The van der Waals surface area contributed by atoms with Crippen LogP contribution >= 0.6 is 0 Å². The number of Topliss-reactive ketones (excluding diaryl/α,β-unsaturated/α-hetero) is 1. The molecule has 0 bridgehead atoms. The van der Waals surface area contributed by atoms with Crippen molar-refractivity contribution in [3.05, 3.63) is 42.0 Å². The van der Waals surface area contributed by atoms with Crippen LogP contribution in [-0.2, 0) is 19.1 Å². The number of carbonyl (C=O) groups excluding carboxylic acids is 3. The maximum absolute atomic E-state index is 11.5. The molecular weight excluding hydrogens is 260 g/mol. The highest BCUT2D eigenvalue weighted by Crippen LogP contribution is 2.07. The van der Waals surface area contributed by atoms with Crippen molar-refractivity contribution in [2.45, 2.75) is 26.4 Å². The van der Waals surface area contributed by atoms with Crippen molar-refractivity contribution in [2.24, 2.45) is 0 Å². The summed E-state index contributed by atoms with van der Waals surface area (Å²) < 4.78 is 4.83. The Balaban J connectivity index is 0.00000361. The molecule has 0 saturated heterocycles. The average molecular weight is 278 g/mol. The van der Waals surface area contributed by atoms with E-state index in [1.54, 1.807) is 45.0 Å². The summed E-state index contributed by atoms with van der Waals surface area (Å²) in [5, 5.41) is 0. The van der Waals surface area contributed by atoms with Crippen molar-refractivity contribution in [3.8, 4) is 0 Å². The maximum atomic E-state index is 11.5. The lowest BCUT2D eigenvalue weighted by atomic mass is 10.1.